The lowest BCUT2D eigenvalue weighted by molar-refractivity contribution is -0.660. The average Bonchev–Trinajstić information content (AvgIpc) is 2.92. The van der Waals surface area contributed by atoms with Crippen LogP contribution in [0.3, 0.4) is 0 Å². The van der Waals surface area contributed by atoms with Gasteiger partial charge >= 0.3 is 0 Å². The van der Waals surface area contributed by atoms with Gasteiger partial charge in [-0.1, -0.05) is 12.1 Å². The standard InChI is InChI=1S/C20H19N2O/c1-12-8-9-15-19-14(3)21-13(2)11-17(19)23-20(15)18(12)16-7-5-6-10-22(16)4/h5-11H,1-4H3/q+1/i3D3. The monoisotopic (exact) mass is 306 g/mol. The topological polar surface area (TPSA) is 29.9 Å². The van der Waals surface area contributed by atoms with Gasteiger partial charge in [-0.25, -0.2) is 4.57 Å². The third-order valence-corrected chi connectivity index (χ3v) is 4.27. The van der Waals surface area contributed by atoms with Gasteiger partial charge in [0.05, 0.1) is 5.56 Å². The first-order valence-electron chi connectivity index (χ1n) is 9.06. The Bertz CT molecular complexity index is 1160. The van der Waals surface area contributed by atoms with Gasteiger partial charge in [0.2, 0.25) is 5.69 Å². The molecule has 0 atom stereocenters. The molecule has 0 amide bonds. The fraction of sp³-hybridized carbons (Fsp3) is 0.200. The van der Waals surface area contributed by atoms with E-state index in [1.807, 2.05) is 55.1 Å². The third-order valence-electron chi connectivity index (χ3n) is 4.27. The summed E-state index contributed by atoms with van der Waals surface area (Å²) in [6.07, 6.45) is 1.98. The predicted octanol–water partition coefficient (Wildman–Crippen LogP) is 4.40. The quantitative estimate of drug-likeness (QED) is 0.488. The second kappa shape index (κ2) is 4.92. The van der Waals surface area contributed by atoms with Gasteiger partial charge in [0.25, 0.3) is 0 Å². The maximum atomic E-state index is 7.88. The van der Waals surface area contributed by atoms with E-state index in [1.165, 1.54) is 0 Å². The molecule has 23 heavy (non-hydrogen) atoms. The molecule has 0 spiro atoms. The lowest BCUT2D eigenvalue weighted by Gasteiger charge is -2.05. The van der Waals surface area contributed by atoms with Crippen molar-refractivity contribution in [2.75, 3.05) is 0 Å². The van der Waals surface area contributed by atoms with E-state index in [0.29, 0.717) is 22.2 Å². The molecule has 3 heterocycles. The number of fused-ring (bicyclic) bond motifs is 3. The van der Waals surface area contributed by atoms with E-state index in [1.54, 1.807) is 13.0 Å². The molecule has 4 rings (SSSR count). The fourth-order valence-electron chi connectivity index (χ4n) is 3.18. The first-order valence-corrected chi connectivity index (χ1v) is 7.56. The van der Waals surface area contributed by atoms with E-state index in [2.05, 4.69) is 4.98 Å². The van der Waals surface area contributed by atoms with Crippen LogP contribution in [0.25, 0.3) is 33.2 Å². The van der Waals surface area contributed by atoms with Gasteiger partial charge < -0.3 is 4.42 Å². The molecule has 3 aromatic heterocycles. The van der Waals surface area contributed by atoms with Crippen LogP contribution in [-0.2, 0) is 7.05 Å². The lowest BCUT2D eigenvalue weighted by Crippen LogP contribution is -2.30. The molecule has 0 aliphatic heterocycles. The minimum Gasteiger partial charge on any atom is -0.455 e. The highest BCUT2D eigenvalue weighted by atomic mass is 16.3. The van der Waals surface area contributed by atoms with Gasteiger partial charge in [-0.2, -0.15) is 0 Å². The van der Waals surface area contributed by atoms with E-state index in [0.717, 1.165) is 22.2 Å². The molecule has 0 radical (unpaired) electrons. The highest BCUT2D eigenvalue weighted by Crippen LogP contribution is 2.37. The van der Waals surface area contributed by atoms with Crippen LogP contribution < -0.4 is 4.57 Å². The molecule has 0 saturated heterocycles. The molecule has 1 aromatic carbocycles. The lowest BCUT2D eigenvalue weighted by atomic mass is 10.0. The van der Waals surface area contributed by atoms with Crippen molar-refractivity contribution in [1.82, 2.24) is 4.98 Å². The minimum atomic E-state index is -2.30. The number of rotatable bonds is 1. The summed E-state index contributed by atoms with van der Waals surface area (Å²) in [7, 11) is 1.98. The first kappa shape index (κ1) is 10.9. The van der Waals surface area contributed by atoms with Crippen LogP contribution in [-0.4, -0.2) is 4.98 Å². The largest absolute Gasteiger partial charge is 0.455 e. The molecular weight excluding hydrogens is 284 g/mol. The van der Waals surface area contributed by atoms with Crippen molar-refractivity contribution in [3.05, 3.63) is 59.5 Å². The van der Waals surface area contributed by atoms with Gasteiger partial charge in [0.1, 0.15) is 18.2 Å². The van der Waals surface area contributed by atoms with Crippen LogP contribution in [0.15, 0.2) is 47.0 Å². The Morgan fingerprint density at radius 2 is 2.04 bits per heavy atom. The van der Waals surface area contributed by atoms with Crippen molar-refractivity contribution in [2.45, 2.75) is 20.7 Å². The smallest absolute Gasteiger partial charge is 0.216 e. The minimum absolute atomic E-state index is 0.0958. The molecule has 0 aliphatic carbocycles. The highest BCUT2D eigenvalue weighted by Gasteiger charge is 2.21. The predicted molar refractivity (Wildman–Crippen MR) is 92.3 cm³/mol. The van der Waals surface area contributed by atoms with E-state index < -0.39 is 6.85 Å². The number of pyridine rings is 2. The summed E-state index contributed by atoms with van der Waals surface area (Å²) in [5, 5.41) is 1.36. The Morgan fingerprint density at radius 3 is 2.83 bits per heavy atom. The summed E-state index contributed by atoms with van der Waals surface area (Å²) >= 11 is 0. The second-order valence-corrected chi connectivity index (χ2v) is 5.92. The average molecular weight is 306 g/mol. The number of hydrogen-bond donors (Lipinski definition) is 0. The highest BCUT2D eigenvalue weighted by molar-refractivity contribution is 6.10. The van der Waals surface area contributed by atoms with Gasteiger partial charge in [-0.05, 0) is 32.3 Å². The van der Waals surface area contributed by atoms with Crippen molar-refractivity contribution in [3.63, 3.8) is 0 Å². The molecule has 4 aromatic rings. The van der Waals surface area contributed by atoms with E-state index in [4.69, 9.17) is 8.53 Å². The molecule has 0 N–H and O–H groups in total. The van der Waals surface area contributed by atoms with Crippen molar-refractivity contribution >= 4 is 21.9 Å². The number of furan rings is 1. The summed E-state index contributed by atoms with van der Waals surface area (Å²) in [6.45, 7) is 1.51. The molecule has 0 saturated carbocycles. The van der Waals surface area contributed by atoms with Gasteiger partial charge in [-0.3, -0.25) is 4.98 Å². The fourth-order valence-corrected chi connectivity index (χ4v) is 3.18. The first-order chi connectivity index (χ1) is 12.3. The van der Waals surface area contributed by atoms with Crippen LogP contribution in [0.5, 0.6) is 0 Å². The van der Waals surface area contributed by atoms with Gasteiger partial charge in [0, 0.05) is 44.5 Å². The molecule has 0 unspecified atom stereocenters. The Balaban J connectivity index is 2.19. The van der Waals surface area contributed by atoms with Crippen LogP contribution in [0.1, 0.15) is 21.1 Å². The Kier molecular flexibility index (Phi) is 2.34. The van der Waals surface area contributed by atoms with Crippen LogP contribution in [0.2, 0.25) is 0 Å². The van der Waals surface area contributed by atoms with Crippen molar-refractivity contribution in [2.24, 2.45) is 7.05 Å². The normalized spacial score (nSPS) is 14.0. The Morgan fingerprint density at radius 1 is 1.17 bits per heavy atom. The SMILES string of the molecule is [2H]C([2H])([2H])c1nc(C)cc2oc3c(-c4cccc[n+]4C)c(C)ccc3c12. The summed E-state index contributed by atoms with van der Waals surface area (Å²) < 4.78 is 31.9. The molecule has 0 aliphatic rings. The maximum Gasteiger partial charge on any atom is 0.216 e. The van der Waals surface area contributed by atoms with E-state index in [9.17, 15) is 0 Å². The second-order valence-electron chi connectivity index (χ2n) is 5.92. The summed E-state index contributed by atoms with van der Waals surface area (Å²) in [4.78, 5) is 4.31. The summed E-state index contributed by atoms with van der Waals surface area (Å²) in [6, 6.07) is 11.7. The zero-order chi connectivity index (χ0) is 18.6. The van der Waals surface area contributed by atoms with Crippen LogP contribution >= 0.6 is 0 Å². The zero-order valence-corrected chi connectivity index (χ0v) is 13.3. The number of hydrogen-bond acceptors (Lipinski definition) is 2. The zero-order valence-electron chi connectivity index (χ0n) is 16.3. The number of nitrogens with zero attached hydrogens (tertiary/aromatic N) is 2. The molecular formula is C20H19N2O+. The molecule has 0 fully saturated rings. The van der Waals surface area contributed by atoms with Crippen molar-refractivity contribution in [1.29, 1.82) is 0 Å². The summed E-state index contributed by atoms with van der Waals surface area (Å²) in [5.74, 6) is 0. The van der Waals surface area contributed by atoms with Crippen LogP contribution in [0.4, 0.5) is 0 Å². The molecule has 0 bridgehead atoms. The van der Waals surface area contributed by atoms with Crippen LogP contribution in [0, 0.1) is 20.7 Å². The van der Waals surface area contributed by atoms with Crippen molar-refractivity contribution in [3.8, 4) is 11.3 Å². The van der Waals surface area contributed by atoms with Crippen molar-refractivity contribution < 1.29 is 13.1 Å². The maximum absolute atomic E-state index is 7.88. The summed E-state index contributed by atoms with van der Waals surface area (Å²) in [5.41, 5.74) is 5.03. The van der Waals surface area contributed by atoms with E-state index >= 15 is 0 Å². The molecule has 3 nitrogen and oxygen atoms in total. The molecule has 114 valence electrons. The van der Waals surface area contributed by atoms with Gasteiger partial charge in [-0.15, -0.1) is 0 Å². The van der Waals surface area contributed by atoms with Gasteiger partial charge in [0.15, 0.2) is 6.20 Å². The van der Waals surface area contributed by atoms with E-state index in [-0.39, 0.29) is 5.69 Å². The number of aromatic nitrogens is 2. The Hall–Kier alpha value is -2.68. The number of benzene rings is 1. The number of aryl methyl sites for hydroxylation is 4. The Labute approximate surface area is 139 Å². The third kappa shape index (κ3) is 2.04. The molecule has 3 heteroatoms.